The van der Waals surface area contributed by atoms with Crippen molar-refractivity contribution in [3.8, 4) is 22.1 Å². The Morgan fingerprint density at radius 2 is 2.00 bits per heavy atom. The van der Waals surface area contributed by atoms with E-state index in [-0.39, 0.29) is 24.2 Å². The molecular formula is C17H10Cl2N2O4S. The molecule has 0 fully saturated rings. The molecule has 0 aliphatic carbocycles. The lowest BCUT2D eigenvalue weighted by atomic mass is 10.2. The molecule has 4 rings (SSSR count). The molecule has 1 aromatic carbocycles. The van der Waals surface area contributed by atoms with Crippen LogP contribution in [-0.2, 0) is 11.3 Å². The number of thiazole rings is 1. The molecule has 6 nitrogen and oxygen atoms in total. The second kappa shape index (κ2) is 7.11. The number of pyridine rings is 1. The molecule has 0 saturated heterocycles. The molecule has 26 heavy (non-hydrogen) atoms. The van der Waals surface area contributed by atoms with Gasteiger partial charge in [-0.1, -0.05) is 23.2 Å². The molecule has 3 heterocycles. The largest absolute Gasteiger partial charge is 0.454 e. The Morgan fingerprint density at radius 3 is 2.88 bits per heavy atom. The summed E-state index contributed by atoms with van der Waals surface area (Å²) in [5.41, 5.74) is 1.43. The van der Waals surface area contributed by atoms with Crippen LogP contribution in [0.15, 0.2) is 35.7 Å². The van der Waals surface area contributed by atoms with Crippen molar-refractivity contribution in [3.63, 3.8) is 0 Å². The molecule has 1 aliphatic rings. The summed E-state index contributed by atoms with van der Waals surface area (Å²) < 4.78 is 15.9. The third-order valence-electron chi connectivity index (χ3n) is 3.56. The third kappa shape index (κ3) is 3.46. The van der Waals surface area contributed by atoms with E-state index in [1.807, 2.05) is 18.2 Å². The maximum Gasteiger partial charge on any atom is 0.358 e. The van der Waals surface area contributed by atoms with Gasteiger partial charge in [0.2, 0.25) is 6.79 Å². The Morgan fingerprint density at radius 1 is 1.15 bits per heavy atom. The molecule has 0 bridgehead atoms. The van der Waals surface area contributed by atoms with Crippen molar-refractivity contribution in [3.05, 3.63) is 57.3 Å². The molecule has 0 unspecified atom stereocenters. The van der Waals surface area contributed by atoms with Gasteiger partial charge in [-0.15, -0.1) is 11.3 Å². The van der Waals surface area contributed by atoms with Crippen LogP contribution < -0.4 is 9.47 Å². The Hall–Kier alpha value is -2.35. The highest BCUT2D eigenvalue weighted by Gasteiger charge is 2.18. The van der Waals surface area contributed by atoms with E-state index in [0.29, 0.717) is 27.2 Å². The SMILES string of the molecule is O=C(OCc1nc(Cl)ccc1Cl)c1csc(-c2ccc3c(c2)OCO3)n1. The number of halogens is 2. The number of aromatic nitrogens is 2. The Labute approximate surface area is 162 Å². The van der Waals surface area contributed by atoms with Crippen molar-refractivity contribution in [1.82, 2.24) is 9.97 Å². The summed E-state index contributed by atoms with van der Waals surface area (Å²) in [6.45, 7) is 0.115. The first-order valence-electron chi connectivity index (χ1n) is 7.44. The van der Waals surface area contributed by atoms with Crippen molar-refractivity contribution in [2.24, 2.45) is 0 Å². The summed E-state index contributed by atoms with van der Waals surface area (Å²) >= 11 is 13.2. The van der Waals surface area contributed by atoms with Gasteiger partial charge in [-0.25, -0.2) is 14.8 Å². The number of hydrogen-bond acceptors (Lipinski definition) is 7. The van der Waals surface area contributed by atoms with Gasteiger partial charge < -0.3 is 14.2 Å². The molecule has 9 heteroatoms. The molecule has 0 saturated carbocycles. The average molecular weight is 409 g/mol. The summed E-state index contributed by atoms with van der Waals surface area (Å²) in [7, 11) is 0. The van der Waals surface area contributed by atoms with E-state index < -0.39 is 5.97 Å². The summed E-state index contributed by atoms with van der Waals surface area (Å²) in [5.74, 6) is 0.783. The molecule has 3 aromatic rings. The fraction of sp³-hybridized carbons (Fsp3) is 0.118. The second-order valence-electron chi connectivity index (χ2n) is 5.24. The van der Waals surface area contributed by atoms with Crippen LogP contribution in [0.3, 0.4) is 0 Å². The first-order chi connectivity index (χ1) is 12.6. The lowest BCUT2D eigenvalue weighted by Crippen LogP contribution is -2.07. The van der Waals surface area contributed by atoms with Crippen LogP contribution in [0.1, 0.15) is 16.2 Å². The van der Waals surface area contributed by atoms with E-state index in [1.165, 1.54) is 11.3 Å². The monoisotopic (exact) mass is 408 g/mol. The molecule has 132 valence electrons. The van der Waals surface area contributed by atoms with Crippen molar-refractivity contribution in [2.45, 2.75) is 6.61 Å². The summed E-state index contributed by atoms with van der Waals surface area (Å²) in [5, 5.41) is 2.96. The minimum absolute atomic E-state index is 0.0882. The van der Waals surface area contributed by atoms with Gasteiger partial charge in [0.15, 0.2) is 17.2 Å². The second-order valence-corrected chi connectivity index (χ2v) is 6.90. The van der Waals surface area contributed by atoms with Crippen LogP contribution in [0.4, 0.5) is 0 Å². The van der Waals surface area contributed by atoms with Gasteiger partial charge in [-0.05, 0) is 30.3 Å². The number of rotatable bonds is 4. The van der Waals surface area contributed by atoms with Crippen molar-refractivity contribution in [1.29, 1.82) is 0 Å². The van der Waals surface area contributed by atoms with Crippen LogP contribution >= 0.6 is 34.5 Å². The first kappa shape index (κ1) is 17.1. The summed E-state index contributed by atoms with van der Waals surface area (Å²) in [4.78, 5) is 20.6. The molecule has 0 atom stereocenters. The van der Waals surface area contributed by atoms with Gasteiger partial charge in [0, 0.05) is 10.9 Å². The van der Waals surface area contributed by atoms with Crippen molar-refractivity contribution < 1.29 is 19.0 Å². The standard InChI is InChI=1S/C17H10Cl2N2O4S/c18-10-2-4-15(19)20-11(10)6-23-17(22)12-7-26-16(21-12)9-1-3-13-14(5-9)25-8-24-13/h1-5,7H,6,8H2. The molecule has 0 radical (unpaired) electrons. The smallest absolute Gasteiger partial charge is 0.358 e. The number of carbonyl (C=O) groups excluding carboxylic acids is 1. The molecular weight excluding hydrogens is 399 g/mol. The van der Waals surface area contributed by atoms with Crippen molar-refractivity contribution in [2.75, 3.05) is 6.79 Å². The van der Waals surface area contributed by atoms with E-state index in [4.69, 9.17) is 37.4 Å². The summed E-state index contributed by atoms with van der Waals surface area (Å²) in [6.07, 6.45) is 0. The minimum atomic E-state index is -0.564. The van der Waals surface area contributed by atoms with Crippen LogP contribution in [0.2, 0.25) is 10.2 Å². The zero-order valence-corrected chi connectivity index (χ0v) is 15.4. The number of carbonyl (C=O) groups is 1. The molecule has 1 aliphatic heterocycles. The minimum Gasteiger partial charge on any atom is -0.454 e. The number of hydrogen-bond donors (Lipinski definition) is 0. The molecule has 0 spiro atoms. The van der Waals surface area contributed by atoms with Crippen molar-refractivity contribution >= 4 is 40.5 Å². The molecule has 0 N–H and O–H groups in total. The first-order valence-corrected chi connectivity index (χ1v) is 9.07. The Balaban J connectivity index is 1.47. The fourth-order valence-electron chi connectivity index (χ4n) is 2.30. The van der Waals surface area contributed by atoms with Gasteiger partial charge in [0.1, 0.15) is 16.8 Å². The zero-order chi connectivity index (χ0) is 18.1. The normalized spacial score (nSPS) is 12.2. The van der Waals surface area contributed by atoms with Gasteiger partial charge >= 0.3 is 5.97 Å². The number of ether oxygens (including phenoxy) is 3. The van der Waals surface area contributed by atoms with Crippen LogP contribution in [-0.4, -0.2) is 22.7 Å². The number of nitrogens with zero attached hydrogens (tertiary/aromatic N) is 2. The highest BCUT2D eigenvalue weighted by Crippen LogP contribution is 2.36. The lowest BCUT2D eigenvalue weighted by Gasteiger charge is -2.04. The maximum atomic E-state index is 12.2. The fourth-order valence-corrected chi connectivity index (χ4v) is 3.41. The average Bonchev–Trinajstić information content (AvgIpc) is 3.30. The topological polar surface area (TPSA) is 70.5 Å². The van der Waals surface area contributed by atoms with Crippen LogP contribution in [0.25, 0.3) is 10.6 Å². The van der Waals surface area contributed by atoms with Gasteiger partial charge in [0.25, 0.3) is 0 Å². The highest BCUT2D eigenvalue weighted by atomic mass is 35.5. The predicted octanol–water partition coefficient (Wildman–Crippen LogP) is 4.60. The third-order valence-corrected chi connectivity index (χ3v) is 5.00. The molecule has 2 aromatic heterocycles. The number of esters is 1. The maximum absolute atomic E-state index is 12.2. The quantitative estimate of drug-likeness (QED) is 0.464. The lowest BCUT2D eigenvalue weighted by molar-refractivity contribution is 0.0462. The van der Waals surface area contributed by atoms with E-state index >= 15 is 0 Å². The highest BCUT2D eigenvalue weighted by molar-refractivity contribution is 7.13. The Kier molecular flexibility index (Phi) is 4.67. The van der Waals surface area contributed by atoms with E-state index in [9.17, 15) is 4.79 Å². The predicted molar refractivity (Wildman–Crippen MR) is 97.0 cm³/mol. The zero-order valence-electron chi connectivity index (χ0n) is 13.1. The Bertz CT molecular complexity index is 993. The van der Waals surface area contributed by atoms with Gasteiger partial charge in [0.05, 0.1) is 10.7 Å². The van der Waals surface area contributed by atoms with E-state index in [2.05, 4.69) is 9.97 Å². The van der Waals surface area contributed by atoms with Gasteiger partial charge in [-0.2, -0.15) is 0 Å². The number of benzene rings is 1. The van der Waals surface area contributed by atoms with Crippen LogP contribution in [0.5, 0.6) is 11.5 Å². The number of fused-ring (bicyclic) bond motifs is 1. The molecule has 0 amide bonds. The van der Waals surface area contributed by atoms with Crippen LogP contribution in [0, 0.1) is 0 Å². The van der Waals surface area contributed by atoms with E-state index in [0.717, 1.165) is 5.56 Å². The van der Waals surface area contributed by atoms with Gasteiger partial charge in [-0.3, -0.25) is 0 Å². The summed E-state index contributed by atoms with van der Waals surface area (Å²) in [6, 6.07) is 8.65. The van der Waals surface area contributed by atoms with E-state index in [1.54, 1.807) is 17.5 Å².